The van der Waals surface area contributed by atoms with Gasteiger partial charge in [-0.2, -0.15) is 0 Å². The Labute approximate surface area is 187 Å². The van der Waals surface area contributed by atoms with Crippen LogP contribution in [0.1, 0.15) is 40.6 Å². The molecule has 2 aromatic carbocycles. The fraction of sp³-hybridized carbons (Fsp3) is 0.231. The Morgan fingerprint density at radius 1 is 0.969 bits per heavy atom. The normalized spacial score (nSPS) is 18.7. The molecular weight excluding hydrogens is 404 g/mol. The molecule has 1 aliphatic heterocycles. The molecule has 0 aliphatic carbocycles. The summed E-state index contributed by atoms with van der Waals surface area (Å²) < 4.78 is 11.4. The fourth-order valence-electron chi connectivity index (χ4n) is 3.84. The number of furan rings is 1. The third kappa shape index (κ3) is 5.53. The first-order valence-corrected chi connectivity index (χ1v) is 10.8. The molecule has 0 saturated carbocycles. The number of hydrogen-bond donors (Lipinski definition) is 2. The molecule has 0 bridgehead atoms. The average Bonchev–Trinajstić information content (AvgIpc) is 3.36. The minimum Gasteiger partial charge on any atom is -0.465 e. The number of rotatable bonds is 7. The number of carbonyl (C=O) groups excluding carboxylic acids is 2. The molecule has 1 aromatic heterocycles. The lowest BCUT2D eigenvalue weighted by Crippen LogP contribution is -2.39. The van der Waals surface area contributed by atoms with Crippen LogP contribution < -0.4 is 10.6 Å². The highest BCUT2D eigenvalue weighted by atomic mass is 16.5. The monoisotopic (exact) mass is 430 g/mol. The van der Waals surface area contributed by atoms with E-state index in [0.717, 1.165) is 18.4 Å². The van der Waals surface area contributed by atoms with Crippen molar-refractivity contribution in [3.8, 4) is 0 Å². The Bertz CT molecular complexity index is 1050. The van der Waals surface area contributed by atoms with Gasteiger partial charge >= 0.3 is 0 Å². The summed E-state index contributed by atoms with van der Waals surface area (Å²) in [5.41, 5.74) is 1.70. The number of nitrogens with one attached hydrogen (secondary N) is 2. The zero-order valence-corrected chi connectivity index (χ0v) is 17.7. The minimum absolute atomic E-state index is 0.0679. The van der Waals surface area contributed by atoms with Crippen LogP contribution in [0.25, 0.3) is 6.08 Å². The molecule has 2 heterocycles. The van der Waals surface area contributed by atoms with E-state index in [1.807, 2.05) is 36.4 Å². The molecule has 164 valence electrons. The van der Waals surface area contributed by atoms with Crippen LogP contribution >= 0.6 is 0 Å². The Balaban J connectivity index is 1.46. The van der Waals surface area contributed by atoms with Crippen LogP contribution in [0.3, 0.4) is 0 Å². The van der Waals surface area contributed by atoms with Crippen molar-refractivity contribution in [2.45, 2.75) is 18.9 Å². The maximum atomic E-state index is 13.0. The summed E-state index contributed by atoms with van der Waals surface area (Å²) in [6.45, 7) is 1.15. The van der Waals surface area contributed by atoms with Crippen molar-refractivity contribution < 1.29 is 18.7 Å². The third-order valence-corrected chi connectivity index (χ3v) is 5.46. The molecule has 2 atom stereocenters. The van der Waals surface area contributed by atoms with Gasteiger partial charge in [-0.3, -0.25) is 9.59 Å². The number of benzene rings is 2. The number of amides is 2. The van der Waals surface area contributed by atoms with Crippen LogP contribution in [0.15, 0.2) is 89.2 Å². The molecule has 3 aromatic rings. The second kappa shape index (κ2) is 10.6. The van der Waals surface area contributed by atoms with Crippen molar-refractivity contribution in [3.05, 3.63) is 102 Å². The van der Waals surface area contributed by atoms with Crippen molar-refractivity contribution in [2.24, 2.45) is 5.92 Å². The van der Waals surface area contributed by atoms with Gasteiger partial charge in [0.2, 0.25) is 0 Å². The molecule has 1 aliphatic rings. The molecule has 6 heteroatoms. The van der Waals surface area contributed by atoms with Gasteiger partial charge in [-0.1, -0.05) is 48.5 Å². The van der Waals surface area contributed by atoms with E-state index < -0.39 is 0 Å². The van der Waals surface area contributed by atoms with Crippen molar-refractivity contribution >= 4 is 17.9 Å². The smallest absolute Gasteiger partial charge is 0.267 e. The Morgan fingerprint density at radius 3 is 2.44 bits per heavy atom. The maximum absolute atomic E-state index is 13.0. The van der Waals surface area contributed by atoms with E-state index in [2.05, 4.69) is 10.6 Å². The molecule has 1 saturated heterocycles. The van der Waals surface area contributed by atoms with Crippen LogP contribution in [0.4, 0.5) is 0 Å². The van der Waals surface area contributed by atoms with Gasteiger partial charge in [0.15, 0.2) is 0 Å². The summed E-state index contributed by atoms with van der Waals surface area (Å²) in [4.78, 5) is 25.7. The van der Waals surface area contributed by atoms with Crippen molar-refractivity contribution in [1.82, 2.24) is 10.6 Å². The molecule has 0 spiro atoms. The Kier molecular flexibility index (Phi) is 7.15. The van der Waals surface area contributed by atoms with E-state index in [-0.39, 0.29) is 29.5 Å². The minimum atomic E-state index is -0.372. The van der Waals surface area contributed by atoms with Gasteiger partial charge in [0.25, 0.3) is 11.8 Å². The number of hydrogen-bond acceptors (Lipinski definition) is 4. The van der Waals surface area contributed by atoms with Crippen LogP contribution in [0.5, 0.6) is 0 Å². The summed E-state index contributed by atoms with van der Waals surface area (Å²) in [6, 6.07) is 22.3. The first kappa shape index (κ1) is 21.6. The van der Waals surface area contributed by atoms with Gasteiger partial charge in [-0.25, -0.2) is 0 Å². The maximum Gasteiger partial charge on any atom is 0.267 e. The Hall–Kier alpha value is -3.64. The van der Waals surface area contributed by atoms with Gasteiger partial charge in [-0.15, -0.1) is 0 Å². The zero-order chi connectivity index (χ0) is 22.2. The van der Waals surface area contributed by atoms with Crippen LogP contribution in [0, 0.1) is 5.92 Å². The lowest BCUT2D eigenvalue weighted by molar-refractivity contribution is -0.118. The summed E-state index contributed by atoms with van der Waals surface area (Å²) in [6.07, 6.45) is 4.88. The zero-order valence-electron chi connectivity index (χ0n) is 17.7. The molecule has 2 unspecified atom stereocenters. The molecule has 2 N–H and O–H groups in total. The van der Waals surface area contributed by atoms with Crippen LogP contribution in [-0.4, -0.2) is 25.0 Å². The van der Waals surface area contributed by atoms with Gasteiger partial charge in [0.05, 0.1) is 12.4 Å². The SMILES string of the molecule is O=C(NCC1CCCOC1c1ccccc1)/C(=C/c1ccco1)NC(=O)c1ccccc1. The predicted octanol–water partition coefficient (Wildman–Crippen LogP) is 4.33. The molecule has 32 heavy (non-hydrogen) atoms. The average molecular weight is 431 g/mol. The summed E-state index contributed by atoms with van der Waals surface area (Å²) in [7, 11) is 0. The van der Waals surface area contributed by atoms with Gasteiger partial charge < -0.3 is 19.8 Å². The van der Waals surface area contributed by atoms with Gasteiger partial charge in [-0.05, 0) is 42.7 Å². The lowest BCUT2D eigenvalue weighted by Gasteiger charge is -2.32. The highest BCUT2D eigenvalue weighted by molar-refractivity contribution is 6.05. The molecule has 2 amide bonds. The fourth-order valence-corrected chi connectivity index (χ4v) is 3.84. The standard InChI is InChI=1S/C26H26N2O4/c29-25(20-11-5-2-6-12-20)28-23(17-22-14-8-15-31-22)26(30)27-18-21-13-7-16-32-24(21)19-9-3-1-4-10-19/h1-6,8-12,14-15,17,21,24H,7,13,16,18H2,(H,27,30)(H,28,29)/b23-17-. The molecule has 4 rings (SSSR count). The van der Waals surface area contributed by atoms with E-state index in [1.54, 1.807) is 36.4 Å². The highest BCUT2D eigenvalue weighted by Crippen LogP contribution is 2.33. The topological polar surface area (TPSA) is 80.6 Å². The molecule has 6 nitrogen and oxygen atoms in total. The second-order valence-corrected chi connectivity index (χ2v) is 7.71. The van der Waals surface area contributed by atoms with E-state index in [9.17, 15) is 9.59 Å². The van der Waals surface area contributed by atoms with Crippen molar-refractivity contribution in [1.29, 1.82) is 0 Å². The van der Waals surface area contributed by atoms with E-state index >= 15 is 0 Å². The number of carbonyl (C=O) groups is 2. The molecule has 1 fully saturated rings. The third-order valence-electron chi connectivity index (χ3n) is 5.46. The predicted molar refractivity (Wildman–Crippen MR) is 121 cm³/mol. The van der Waals surface area contributed by atoms with Crippen LogP contribution in [-0.2, 0) is 9.53 Å². The van der Waals surface area contributed by atoms with Crippen LogP contribution in [0.2, 0.25) is 0 Å². The summed E-state index contributed by atoms with van der Waals surface area (Å²) in [5, 5.41) is 5.70. The first-order chi connectivity index (χ1) is 15.7. The van der Waals surface area contributed by atoms with E-state index in [0.29, 0.717) is 24.5 Å². The van der Waals surface area contributed by atoms with Crippen molar-refractivity contribution in [3.63, 3.8) is 0 Å². The largest absolute Gasteiger partial charge is 0.465 e. The molecular formula is C26H26N2O4. The summed E-state index contributed by atoms with van der Waals surface area (Å²) >= 11 is 0. The summed E-state index contributed by atoms with van der Waals surface area (Å²) in [5.74, 6) is -0.110. The highest BCUT2D eigenvalue weighted by Gasteiger charge is 2.28. The number of ether oxygens (including phenoxy) is 1. The van der Waals surface area contributed by atoms with Crippen molar-refractivity contribution in [2.75, 3.05) is 13.2 Å². The first-order valence-electron chi connectivity index (χ1n) is 10.8. The van der Waals surface area contributed by atoms with Gasteiger partial charge in [0.1, 0.15) is 11.5 Å². The Morgan fingerprint density at radius 2 is 1.72 bits per heavy atom. The van der Waals surface area contributed by atoms with E-state index in [4.69, 9.17) is 9.15 Å². The quantitative estimate of drug-likeness (QED) is 0.547. The second-order valence-electron chi connectivity index (χ2n) is 7.71. The van der Waals surface area contributed by atoms with E-state index in [1.165, 1.54) is 12.3 Å². The van der Waals surface area contributed by atoms with Gasteiger partial charge in [0, 0.05) is 30.7 Å². The molecule has 0 radical (unpaired) electrons. The lowest BCUT2D eigenvalue weighted by atomic mass is 9.89.